The molecular formula is C15H19N3O. The van der Waals surface area contributed by atoms with E-state index in [0.29, 0.717) is 0 Å². The maximum atomic E-state index is 10.2. The zero-order chi connectivity index (χ0) is 13.2. The Morgan fingerprint density at radius 1 is 1.37 bits per heavy atom. The quantitative estimate of drug-likeness (QED) is 0.897. The second-order valence-corrected chi connectivity index (χ2v) is 5.09. The van der Waals surface area contributed by atoms with Crippen LogP contribution in [0, 0.1) is 0 Å². The smallest absolute Gasteiger partial charge is 0.127 e. The summed E-state index contributed by atoms with van der Waals surface area (Å²) in [5.41, 5.74) is 2.17. The summed E-state index contributed by atoms with van der Waals surface area (Å²) in [6.07, 6.45) is 5.28. The lowest BCUT2D eigenvalue weighted by Crippen LogP contribution is -2.25. The molecule has 0 bridgehead atoms. The number of benzene rings is 1. The van der Waals surface area contributed by atoms with Crippen LogP contribution in [-0.4, -0.2) is 21.2 Å². The van der Waals surface area contributed by atoms with Gasteiger partial charge in [-0.1, -0.05) is 18.2 Å². The van der Waals surface area contributed by atoms with Crippen LogP contribution in [0.3, 0.4) is 0 Å². The molecule has 2 heterocycles. The number of hydrogen-bond acceptors (Lipinski definition) is 3. The number of fused-ring (bicyclic) bond motifs is 1. The van der Waals surface area contributed by atoms with E-state index in [0.717, 1.165) is 43.0 Å². The van der Waals surface area contributed by atoms with Crippen molar-refractivity contribution in [3.63, 3.8) is 0 Å². The van der Waals surface area contributed by atoms with Crippen molar-refractivity contribution in [2.24, 2.45) is 7.05 Å². The molecule has 1 aromatic carbocycles. The monoisotopic (exact) mass is 257 g/mol. The highest BCUT2D eigenvalue weighted by Gasteiger charge is 2.21. The first kappa shape index (κ1) is 12.2. The van der Waals surface area contributed by atoms with Gasteiger partial charge in [-0.25, -0.2) is 4.98 Å². The molecule has 100 valence electrons. The molecule has 0 aliphatic carbocycles. The number of anilines is 1. The van der Waals surface area contributed by atoms with E-state index in [2.05, 4.69) is 16.0 Å². The van der Waals surface area contributed by atoms with Crippen molar-refractivity contribution in [1.82, 2.24) is 9.55 Å². The molecule has 0 radical (unpaired) electrons. The van der Waals surface area contributed by atoms with E-state index in [9.17, 15) is 5.11 Å². The van der Waals surface area contributed by atoms with E-state index in [1.54, 1.807) is 0 Å². The number of aryl methyl sites for hydroxylation is 1. The van der Waals surface area contributed by atoms with Crippen molar-refractivity contribution in [2.45, 2.75) is 25.5 Å². The predicted octanol–water partition coefficient (Wildman–Crippen LogP) is 2.25. The van der Waals surface area contributed by atoms with Gasteiger partial charge in [0.25, 0.3) is 0 Å². The molecule has 1 aliphatic heterocycles. The SMILES string of the molecule is Cn1ccnc1CN1CCCC(O)c2ccccc21. The van der Waals surface area contributed by atoms with Crippen molar-refractivity contribution in [1.29, 1.82) is 0 Å². The summed E-state index contributed by atoms with van der Waals surface area (Å²) in [7, 11) is 2.01. The highest BCUT2D eigenvalue weighted by Crippen LogP contribution is 2.33. The molecule has 0 amide bonds. The molecule has 0 saturated heterocycles. The number of rotatable bonds is 2. The van der Waals surface area contributed by atoms with Crippen LogP contribution < -0.4 is 4.90 Å². The molecule has 2 aromatic rings. The fourth-order valence-corrected chi connectivity index (χ4v) is 2.69. The van der Waals surface area contributed by atoms with Crippen LogP contribution in [0.5, 0.6) is 0 Å². The summed E-state index contributed by atoms with van der Waals surface area (Å²) in [5.74, 6) is 1.05. The Kier molecular flexibility index (Phi) is 3.25. The number of aliphatic hydroxyl groups is 1. The lowest BCUT2D eigenvalue weighted by Gasteiger charge is -2.24. The van der Waals surface area contributed by atoms with E-state index >= 15 is 0 Å². The largest absolute Gasteiger partial charge is 0.388 e. The third-order valence-electron chi connectivity index (χ3n) is 3.80. The van der Waals surface area contributed by atoms with E-state index in [1.165, 1.54) is 0 Å². The second kappa shape index (κ2) is 5.05. The van der Waals surface area contributed by atoms with Crippen molar-refractivity contribution >= 4 is 5.69 Å². The Hall–Kier alpha value is -1.81. The lowest BCUT2D eigenvalue weighted by molar-refractivity contribution is 0.168. The summed E-state index contributed by atoms with van der Waals surface area (Å²) < 4.78 is 2.05. The molecule has 1 N–H and O–H groups in total. The van der Waals surface area contributed by atoms with Crippen LogP contribution in [0.15, 0.2) is 36.7 Å². The van der Waals surface area contributed by atoms with Crippen LogP contribution in [-0.2, 0) is 13.6 Å². The van der Waals surface area contributed by atoms with Crippen LogP contribution in [0.25, 0.3) is 0 Å². The molecule has 1 atom stereocenters. The molecule has 0 fully saturated rings. The van der Waals surface area contributed by atoms with E-state index < -0.39 is 0 Å². The van der Waals surface area contributed by atoms with Crippen LogP contribution >= 0.6 is 0 Å². The standard InChI is InChI=1S/C15H19N3O/c1-17-10-8-16-15(17)11-18-9-4-7-14(19)12-5-2-3-6-13(12)18/h2-3,5-6,8,10,14,19H,4,7,9,11H2,1H3. The van der Waals surface area contributed by atoms with Crippen molar-refractivity contribution in [3.05, 3.63) is 48.0 Å². The van der Waals surface area contributed by atoms with Gasteiger partial charge in [0.15, 0.2) is 0 Å². The van der Waals surface area contributed by atoms with Gasteiger partial charge in [-0.15, -0.1) is 0 Å². The predicted molar refractivity (Wildman–Crippen MR) is 74.9 cm³/mol. The number of aromatic nitrogens is 2. The summed E-state index contributed by atoms with van der Waals surface area (Å²) in [4.78, 5) is 6.70. The summed E-state index contributed by atoms with van der Waals surface area (Å²) in [6, 6.07) is 8.14. The lowest BCUT2D eigenvalue weighted by atomic mass is 10.0. The average Bonchev–Trinajstić information content (AvgIpc) is 2.75. The molecule has 1 aliphatic rings. The zero-order valence-electron chi connectivity index (χ0n) is 11.2. The van der Waals surface area contributed by atoms with Gasteiger partial charge >= 0.3 is 0 Å². The fraction of sp³-hybridized carbons (Fsp3) is 0.400. The van der Waals surface area contributed by atoms with E-state index in [-0.39, 0.29) is 6.10 Å². The normalized spacial score (nSPS) is 19.1. The molecule has 4 heteroatoms. The molecule has 19 heavy (non-hydrogen) atoms. The Morgan fingerprint density at radius 2 is 2.21 bits per heavy atom. The number of aliphatic hydroxyl groups excluding tert-OH is 1. The Morgan fingerprint density at radius 3 is 3.00 bits per heavy atom. The molecule has 3 rings (SSSR count). The third-order valence-corrected chi connectivity index (χ3v) is 3.80. The highest BCUT2D eigenvalue weighted by molar-refractivity contribution is 5.55. The number of imidazole rings is 1. The Labute approximate surface area is 113 Å². The number of para-hydroxylation sites is 1. The first-order valence-corrected chi connectivity index (χ1v) is 6.74. The topological polar surface area (TPSA) is 41.3 Å². The number of nitrogens with zero attached hydrogens (tertiary/aromatic N) is 3. The van der Waals surface area contributed by atoms with Crippen molar-refractivity contribution < 1.29 is 5.11 Å². The maximum Gasteiger partial charge on any atom is 0.127 e. The molecule has 0 saturated carbocycles. The second-order valence-electron chi connectivity index (χ2n) is 5.09. The van der Waals surface area contributed by atoms with E-state index in [1.807, 2.05) is 42.2 Å². The molecule has 1 unspecified atom stereocenters. The molecule has 0 spiro atoms. The first-order chi connectivity index (χ1) is 9.25. The first-order valence-electron chi connectivity index (χ1n) is 6.74. The van der Waals surface area contributed by atoms with Gasteiger partial charge in [-0.2, -0.15) is 0 Å². The van der Waals surface area contributed by atoms with E-state index in [4.69, 9.17) is 0 Å². The Balaban J connectivity index is 1.93. The summed E-state index contributed by atoms with van der Waals surface area (Å²) in [6.45, 7) is 1.74. The fourth-order valence-electron chi connectivity index (χ4n) is 2.69. The highest BCUT2D eigenvalue weighted by atomic mass is 16.3. The van der Waals surface area contributed by atoms with Crippen molar-refractivity contribution in [3.8, 4) is 0 Å². The minimum absolute atomic E-state index is 0.345. The van der Waals surface area contributed by atoms with Crippen molar-refractivity contribution in [2.75, 3.05) is 11.4 Å². The maximum absolute atomic E-state index is 10.2. The van der Waals surface area contributed by atoms with Gasteiger partial charge in [-0.05, 0) is 18.9 Å². The van der Waals surface area contributed by atoms with Gasteiger partial charge < -0.3 is 14.6 Å². The summed E-state index contributed by atoms with van der Waals surface area (Å²) in [5, 5.41) is 10.2. The average molecular weight is 257 g/mol. The molecule has 1 aromatic heterocycles. The van der Waals surface area contributed by atoms with Crippen LogP contribution in [0.2, 0.25) is 0 Å². The van der Waals surface area contributed by atoms with Gasteiger partial charge in [0, 0.05) is 37.2 Å². The van der Waals surface area contributed by atoms with Gasteiger partial charge in [0.05, 0.1) is 12.6 Å². The summed E-state index contributed by atoms with van der Waals surface area (Å²) >= 11 is 0. The molecule has 4 nitrogen and oxygen atoms in total. The Bertz CT molecular complexity index is 564. The van der Waals surface area contributed by atoms with Gasteiger partial charge in [0.1, 0.15) is 5.82 Å². The molecular weight excluding hydrogens is 238 g/mol. The number of hydrogen-bond donors (Lipinski definition) is 1. The zero-order valence-corrected chi connectivity index (χ0v) is 11.2. The minimum Gasteiger partial charge on any atom is -0.388 e. The third kappa shape index (κ3) is 2.36. The minimum atomic E-state index is -0.345. The van der Waals surface area contributed by atoms with Crippen LogP contribution in [0.1, 0.15) is 30.3 Å². The van der Waals surface area contributed by atoms with Crippen LogP contribution in [0.4, 0.5) is 5.69 Å². The van der Waals surface area contributed by atoms with Gasteiger partial charge in [0.2, 0.25) is 0 Å². The van der Waals surface area contributed by atoms with Gasteiger partial charge in [-0.3, -0.25) is 0 Å².